The van der Waals surface area contributed by atoms with Gasteiger partial charge in [0, 0.05) is 17.3 Å². The van der Waals surface area contributed by atoms with E-state index in [1.54, 1.807) is 48.5 Å². The quantitative estimate of drug-likeness (QED) is 0.566. The number of ether oxygens (including phenoxy) is 1. The third kappa shape index (κ3) is 5.35. The molecule has 0 aliphatic heterocycles. The Kier molecular flexibility index (Phi) is 6.71. The van der Waals surface area contributed by atoms with Gasteiger partial charge in [-0.2, -0.15) is 0 Å². The van der Waals surface area contributed by atoms with E-state index in [2.05, 4.69) is 10.0 Å². The molecule has 0 saturated heterocycles. The van der Waals surface area contributed by atoms with E-state index in [1.807, 2.05) is 0 Å². The molecule has 2 N–H and O–H groups in total. The lowest BCUT2D eigenvalue weighted by Gasteiger charge is -2.10. The van der Waals surface area contributed by atoms with Gasteiger partial charge in [-0.05, 0) is 60.2 Å². The predicted molar refractivity (Wildman–Crippen MR) is 113 cm³/mol. The highest BCUT2D eigenvalue weighted by Crippen LogP contribution is 2.19. The molecular formula is C21H18ClFN2O4S. The van der Waals surface area contributed by atoms with Crippen LogP contribution in [0, 0.1) is 5.82 Å². The van der Waals surface area contributed by atoms with E-state index < -0.39 is 27.3 Å². The summed E-state index contributed by atoms with van der Waals surface area (Å²) in [4.78, 5) is 12.2. The minimum atomic E-state index is -3.97. The molecule has 30 heavy (non-hydrogen) atoms. The Morgan fingerprint density at radius 1 is 1.03 bits per heavy atom. The Hall–Kier alpha value is -2.94. The van der Waals surface area contributed by atoms with Crippen molar-refractivity contribution in [2.75, 3.05) is 12.4 Å². The lowest BCUT2D eigenvalue weighted by Crippen LogP contribution is -2.24. The maximum absolute atomic E-state index is 14.2. The summed E-state index contributed by atoms with van der Waals surface area (Å²) >= 11 is 5.80. The van der Waals surface area contributed by atoms with Gasteiger partial charge in [0.15, 0.2) is 0 Å². The topological polar surface area (TPSA) is 84.5 Å². The lowest BCUT2D eigenvalue weighted by molar-refractivity contribution is 0.102. The Morgan fingerprint density at radius 3 is 2.33 bits per heavy atom. The summed E-state index contributed by atoms with van der Waals surface area (Å²) in [5.41, 5.74) is 0.717. The Morgan fingerprint density at radius 2 is 1.70 bits per heavy atom. The van der Waals surface area contributed by atoms with Gasteiger partial charge in [0.05, 0.1) is 17.6 Å². The van der Waals surface area contributed by atoms with E-state index >= 15 is 0 Å². The fourth-order valence-electron chi connectivity index (χ4n) is 2.58. The average Bonchev–Trinajstić information content (AvgIpc) is 2.74. The summed E-state index contributed by atoms with van der Waals surface area (Å²) in [6.07, 6.45) is 0. The van der Waals surface area contributed by atoms with Gasteiger partial charge < -0.3 is 10.1 Å². The molecule has 0 atom stereocenters. The fraction of sp³-hybridized carbons (Fsp3) is 0.0952. The second kappa shape index (κ2) is 9.25. The molecule has 0 bridgehead atoms. The largest absolute Gasteiger partial charge is 0.497 e. The van der Waals surface area contributed by atoms with Gasteiger partial charge in [-0.3, -0.25) is 4.79 Å². The number of hydrogen-bond acceptors (Lipinski definition) is 4. The highest BCUT2D eigenvalue weighted by Gasteiger charge is 2.19. The van der Waals surface area contributed by atoms with Crippen LogP contribution in [0.1, 0.15) is 15.9 Å². The van der Waals surface area contributed by atoms with Gasteiger partial charge in [0.25, 0.3) is 5.91 Å². The molecular weight excluding hydrogens is 431 g/mol. The van der Waals surface area contributed by atoms with Crippen LogP contribution in [0.25, 0.3) is 0 Å². The highest BCUT2D eigenvalue weighted by atomic mass is 35.5. The molecule has 3 aromatic carbocycles. The number of methoxy groups -OCH3 is 1. The van der Waals surface area contributed by atoms with Crippen molar-refractivity contribution in [2.24, 2.45) is 0 Å². The van der Waals surface area contributed by atoms with Gasteiger partial charge >= 0.3 is 0 Å². The predicted octanol–water partition coefficient (Wildman–Crippen LogP) is 4.22. The number of hydrogen-bond donors (Lipinski definition) is 2. The van der Waals surface area contributed by atoms with Crippen molar-refractivity contribution in [3.05, 3.63) is 88.7 Å². The first-order valence-corrected chi connectivity index (χ1v) is 10.6. The molecule has 0 aromatic heterocycles. The molecule has 0 aliphatic carbocycles. The first kappa shape index (κ1) is 21.8. The van der Waals surface area contributed by atoms with Crippen molar-refractivity contribution in [2.45, 2.75) is 11.4 Å². The standard InChI is InChI=1S/C21H18ClFN2O4S/c1-29-17-8-2-14(3-9-17)13-24-30(27,28)18-10-11-20(23)19(12-18)21(26)25-16-6-4-15(22)5-7-16/h2-12,24H,13H2,1H3,(H,25,26). The first-order chi connectivity index (χ1) is 14.3. The maximum atomic E-state index is 14.2. The number of anilines is 1. The number of halogens is 2. The van der Waals surface area contributed by atoms with Crippen molar-refractivity contribution in [1.82, 2.24) is 4.72 Å². The molecule has 6 nitrogen and oxygen atoms in total. The number of benzene rings is 3. The van der Waals surface area contributed by atoms with Crippen molar-refractivity contribution < 1.29 is 22.3 Å². The molecule has 0 fully saturated rings. The zero-order valence-corrected chi connectivity index (χ0v) is 17.4. The minimum absolute atomic E-state index is 0.0238. The van der Waals surface area contributed by atoms with Crippen LogP contribution < -0.4 is 14.8 Å². The third-order valence-electron chi connectivity index (χ3n) is 4.22. The summed E-state index contributed by atoms with van der Waals surface area (Å²) in [6, 6.07) is 16.1. The molecule has 156 valence electrons. The summed E-state index contributed by atoms with van der Waals surface area (Å²) in [6.45, 7) is 0.0238. The fourth-order valence-corrected chi connectivity index (χ4v) is 3.75. The highest BCUT2D eigenvalue weighted by molar-refractivity contribution is 7.89. The lowest BCUT2D eigenvalue weighted by atomic mass is 10.2. The van der Waals surface area contributed by atoms with Crippen LogP contribution in [-0.4, -0.2) is 21.4 Å². The van der Waals surface area contributed by atoms with Crippen molar-refractivity contribution in [3.8, 4) is 5.75 Å². The molecule has 1 amide bonds. The zero-order chi connectivity index (χ0) is 21.7. The second-order valence-corrected chi connectivity index (χ2v) is 8.48. The van der Waals surface area contributed by atoms with E-state index in [0.717, 1.165) is 18.2 Å². The molecule has 0 unspecified atom stereocenters. The van der Waals surface area contributed by atoms with Gasteiger partial charge in [0.1, 0.15) is 11.6 Å². The van der Waals surface area contributed by atoms with E-state index in [0.29, 0.717) is 22.0 Å². The molecule has 9 heteroatoms. The second-order valence-electron chi connectivity index (χ2n) is 6.28. The van der Waals surface area contributed by atoms with E-state index in [9.17, 15) is 17.6 Å². The number of nitrogens with one attached hydrogen (secondary N) is 2. The summed E-state index contributed by atoms with van der Waals surface area (Å²) < 4.78 is 46.9. The van der Waals surface area contributed by atoms with Crippen molar-refractivity contribution in [3.63, 3.8) is 0 Å². The first-order valence-electron chi connectivity index (χ1n) is 8.77. The molecule has 0 saturated carbocycles. The zero-order valence-electron chi connectivity index (χ0n) is 15.9. The molecule has 3 aromatic rings. The van der Waals surface area contributed by atoms with Crippen LogP contribution in [0.4, 0.5) is 10.1 Å². The van der Waals surface area contributed by atoms with E-state index in [4.69, 9.17) is 16.3 Å². The van der Waals surface area contributed by atoms with Crippen LogP contribution in [0.15, 0.2) is 71.6 Å². The number of carbonyl (C=O) groups is 1. The Balaban J connectivity index is 1.76. The van der Waals surface area contributed by atoms with Gasteiger partial charge in [-0.25, -0.2) is 17.5 Å². The number of rotatable bonds is 7. The van der Waals surface area contributed by atoms with Crippen molar-refractivity contribution >= 4 is 33.2 Å². The van der Waals surface area contributed by atoms with Crippen LogP contribution in [-0.2, 0) is 16.6 Å². The van der Waals surface area contributed by atoms with E-state index in [1.165, 1.54) is 7.11 Å². The van der Waals surface area contributed by atoms with Crippen LogP contribution in [0.2, 0.25) is 5.02 Å². The Bertz CT molecular complexity index is 1150. The summed E-state index contributed by atoms with van der Waals surface area (Å²) in [5, 5.41) is 2.99. The van der Waals surface area contributed by atoms with Crippen LogP contribution in [0.3, 0.4) is 0 Å². The van der Waals surface area contributed by atoms with Gasteiger partial charge in [0.2, 0.25) is 10.0 Å². The molecule has 0 spiro atoms. The smallest absolute Gasteiger partial charge is 0.258 e. The molecule has 3 rings (SSSR count). The Labute approximate surface area is 178 Å². The van der Waals surface area contributed by atoms with Crippen LogP contribution >= 0.6 is 11.6 Å². The number of sulfonamides is 1. The summed E-state index contributed by atoms with van der Waals surface area (Å²) in [5.74, 6) is -0.964. The average molecular weight is 449 g/mol. The monoisotopic (exact) mass is 448 g/mol. The third-order valence-corrected chi connectivity index (χ3v) is 5.87. The normalized spacial score (nSPS) is 11.2. The SMILES string of the molecule is COc1ccc(CNS(=O)(=O)c2ccc(F)c(C(=O)Nc3ccc(Cl)cc3)c2)cc1. The summed E-state index contributed by atoms with van der Waals surface area (Å²) in [7, 11) is -2.44. The van der Waals surface area contributed by atoms with Gasteiger partial charge in [-0.15, -0.1) is 0 Å². The van der Waals surface area contributed by atoms with Crippen molar-refractivity contribution in [1.29, 1.82) is 0 Å². The maximum Gasteiger partial charge on any atom is 0.258 e. The molecule has 0 radical (unpaired) electrons. The van der Waals surface area contributed by atoms with E-state index in [-0.39, 0.29) is 11.4 Å². The molecule has 0 heterocycles. The number of amides is 1. The minimum Gasteiger partial charge on any atom is -0.497 e. The molecule has 0 aliphatic rings. The van der Waals surface area contributed by atoms with Gasteiger partial charge in [-0.1, -0.05) is 23.7 Å². The number of carbonyl (C=O) groups excluding carboxylic acids is 1. The van der Waals surface area contributed by atoms with Crippen LogP contribution in [0.5, 0.6) is 5.75 Å².